The van der Waals surface area contributed by atoms with Crippen molar-refractivity contribution < 1.29 is 14.5 Å². The number of non-ortho nitro benzene ring substituents is 1. The first kappa shape index (κ1) is 18.8. The van der Waals surface area contributed by atoms with Crippen molar-refractivity contribution in [2.75, 3.05) is 11.4 Å². The molecule has 1 aliphatic rings. The number of aryl methyl sites for hydroxylation is 1. The standard InChI is InChI=1S/C21H20N4O4/c1-13-6-7-15(25(28)29)10-19(13)24-20(26)11-18(21(24)27)22-9-8-14-12-23-17-5-3-2-4-16(14)17/h2-7,10,12,18,22-23H,8-9,11H2,1H3. The summed E-state index contributed by atoms with van der Waals surface area (Å²) in [5.41, 5.74) is 2.95. The SMILES string of the molecule is Cc1ccc([N+](=O)[O-])cc1N1C(=O)CC(NCCc2c[nH]c3ccccc23)C1=O. The van der Waals surface area contributed by atoms with Crippen molar-refractivity contribution in [1.29, 1.82) is 0 Å². The Hall–Kier alpha value is -3.52. The second-order valence-corrected chi connectivity index (χ2v) is 7.12. The Morgan fingerprint density at radius 3 is 2.83 bits per heavy atom. The van der Waals surface area contributed by atoms with Crippen LogP contribution in [0.5, 0.6) is 0 Å². The van der Waals surface area contributed by atoms with Crippen LogP contribution >= 0.6 is 0 Å². The molecule has 1 atom stereocenters. The monoisotopic (exact) mass is 392 g/mol. The van der Waals surface area contributed by atoms with Crippen molar-refractivity contribution in [2.24, 2.45) is 0 Å². The van der Waals surface area contributed by atoms with Gasteiger partial charge in [0.05, 0.1) is 23.1 Å². The smallest absolute Gasteiger partial charge is 0.271 e. The highest BCUT2D eigenvalue weighted by Gasteiger charge is 2.40. The average Bonchev–Trinajstić information content (AvgIpc) is 3.23. The van der Waals surface area contributed by atoms with Crippen LogP contribution in [-0.2, 0) is 16.0 Å². The van der Waals surface area contributed by atoms with Gasteiger partial charge in [0.25, 0.3) is 11.6 Å². The van der Waals surface area contributed by atoms with E-state index in [9.17, 15) is 19.7 Å². The van der Waals surface area contributed by atoms with Gasteiger partial charge < -0.3 is 10.3 Å². The molecule has 1 aliphatic heterocycles. The molecule has 2 N–H and O–H groups in total. The highest BCUT2D eigenvalue weighted by atomic mass is 16.6. The molecule has 3 aromatic rings. The molecule has 148 valence electrons. The van der Waals surface area contributed by atoms with Gasteiger partial charge in [-0.25, -0.2) is 4.90 Å². The number of fused-ring (bicyclic) bond motifs is 1. The minimum absolute atomic E-state index is 0.0366. The fourth-order valence-electron chi connectivity index (χ4n) is 3.72. The Labute approximate surface area is 166 Å². The number of amides is 2. The number of nitro groups is 1. The number of H-pyrrole nitrogens is 1. The molecule has 29 heavy (non-hydrogen) atoms. The van der Waals surface area contributed by atoms with E-state index in [1.54, 1.807) is 13.0 Å². The first-order valence-corrected chi connectivity index (χ1v) is 9.36. The van der Waals surface area contributed by atoms with E-state index in [1.165, 1.54) is 12.1 Å². The van der Waals surface area contributed by atoms with Crippen LogP contribution in [0.1, 0.15) is 17.5 Å². The second-order valence-electron chi connectivity index (χ2n) is 7.12. The summed E-state index contributed by atoms with van der Waals surface area (Å²) in [4.78, 5) is 40.1. The molecule has 4 rings (SSSR count). The number of carbonyl (C=O) groups excluding carboxylic acids is 2. The van der Waals surface area contributed by atoms with Crippen LogP contribution in [0.4, 0.5) is 11.4 Å². The number of aromatic amines is 1. The number of carbonyl (C=O) groups is 2. The fourth-order valence-corrected chi connectivity index (χ4v) is 3.72. The van der Waals surface area contributed by atoms with E-state index < -0.39 is 11.0 Å². The number of imide groups is 1. The number of hydrogen-bond donors (Lipinski definition) is 2. The van der Waals surface area contributed by atoms with Crippen molar-refractivity contribution in [2.45, 2.75) is 25.8 Å². The van der Waals surface area contributed by atoms with Gasteiger partial charge in [-0.05, 0) is 30.5 Å². The van der Waals surface area contributed by atoms with E-state index in [4.69, 9.17) is 0 Å². The van der Waals surface area contributed by atoms with Gasteiger partial charge in [0.2, 0.25) is 5.91 Å². The van der Waals surface area contributed by atoms with Gasteiger partial charge >= 0.3 is 0 Å². The van der Waals surface area contributed by atoms with Gasteiger partial charge in [-0.3, -0.25) is 19.7 Å². The van der Waals surface area contributed by atoms with Gasteiger partial charge in [0.1, 0.15) is 0 Å². The first-order valence-electron chi connectivity index (χ1n) is 9.36. The maximum Gasteiger partial charge on any atom is 0.271 e. The van der Waals surface area contributed by atoms with Crippen LogP contribution in [0.25, 0.3) is 10.9 Å². The third kappa shape index (κ3) is 3.50. The zero-order valence-corrected chi connectivity index (χ0v) is 15.8. The highest BCUT2D eigenvalue weighted by Crippen LogP contribution is 2.30. The zero-order valence-electron chi connectivity index (χ0n) is 15.8. The summed E-state index contributed by atoms with van der Waals surface area (Å²) in [6, 6.07) is 11.5. The Kier molecular flexibility index (Phi) is 4.85. The zero-order chi connectivity index (χ0) is 20.5. The van der Waals surface area contributed by atoms with Crippen LogP contribution in [0, 0.1) is 17.0 Å². The molecule has 8 heteroatoms. The molecule has 1 fully saturated rings. The summed E-state index contributed by atoms with van der Waals surface area (Å²) in [7, 11) is 0. The maximum absolute atomic E-state index is 12.8. The predicted molar refractivity (Wildman–Crippen MR) is 109 cm³/mol. The van der Waals surface area contributed by atoms with Gasteiger partial charge in [-0.1, -0.05) is 24.3 Å². The molecule has 8 nitrogen and oxygen atoms in total. The van der Waals surface area contributed by atoms with Crippen LogP contribution in [-0.4, -0.2) is 34.3 Å². The summed E-state index contributed by atoms with van der Waals surface area (Å²) in [5.74, 6) is -0.735. The second kappa shape index (κ2) is 7.48. The van der Waals surface area contributed by atoms with E-state index in [1.807, 2.05) is 30.5 Å². The Morgan fingerprint density at radius 1 is 1.24 bits per heavy atom. The largest absolute Gasteiger partial charge is 0.361 e. The van der Waals surface area contributed by atoms with Gasteiger partial charge in [0.15, 0.2) is 0 Å². The Balaban J connectivity index is 1.46. The Bertz CT molecular complexity index is 1120. The molecule has 0 aliphatic carbocycles. The topological polar surface area (TPSA) is 108 Å². The van der Waals surface area contributed by atoms with Crippen LogP contribution in [0.3, 0.4) is 0 Å². The van der Waals surface area contributed by atoms with Crippen LogP contribution in [0.15, 0.2) is 48.7 Å². The van der Waals surface area contributed by atoms with Gasteiger partial charge in [0, 0.05) is 35.8 Å². The molecule has 0 saturated carbocycles. The lowest BCUT2D eigenvalue weighted by Crippen LogP contribution is -2.39. The minimum atomic E-state index is -0.633. The predicted octanol–water partition coefficient (Wildman–Crippen LogP) is 2.85. The number of nitrogens with one attached hydrogen (secondary N) is 2. The lowest BCUT2D eigenvalue weighted by atomic mass is 10.1. The lowest BCUT2D eigenvalue weighted by molar-refractivity contribution is -0.384. The number of benzene rings is 2. The number of rotatable bonds is 6. The van der Waals surface area contributed by atoms with Crippen LogP contribution in [0.2, 0.25) is 0 Å². The number of hydrogen-bond acceptors (Lipinski definition) is 5. The van der Waals surface area contributed by atoms with E-state index in [2.05, 4.69) is 10.3 Å². The van der Waals surface area contributed by atoms with E-state index in [0.717, 1.165) is 21.4 Å². The summed E-state index contributed by atoms with van der Waals surface area (Å²) >= 11 is 0. The summed E-state index contributed by atoms with van der Waals surface area (Å²) in [5, 5.41) is 15.4. The number of para-hydroxylation sites is 1. The summed E-state index contributed by atoms with van der Waals surface area (Å²) in [6.45, 7) is 2.25. The third-order valence-corrected chi connectivity index (χ3v) is 5.25. The maximum atomic E-state index is 12.8. The van der Waals surface area contributed by atoms with Crippen molar-refractivity contribution in [1.82, 2.24) is 10.3 Å². The molecular weight excluding hydrogens is 372 g/mol. The molecular formula is C21H20N4O4. The highest BCUT2D eigenvalue weighted by molar-refractivity contribution is 6.22. The summed E-state index contributed by atoms with van der Waals surface area (Å²) < 4.78 is 0. The molecule has 0 spiro atoms. The molecule has 0 radical (unpaired) electrons. The molecule has 1 unspecified atom stereocenters. The molecule has 2 heterocycles. The molecule has 2 aromatic carbocycles. The number of anilines is 1. The lowest BCUT2D eigenvalue weighted by Gasteiger charge is -2.17. The average molecular weight is 392 g/mol. The fraction of sp³-hybridized carbons (Fsp3) is 0.238. The Morgan fingerprint density at radius 2 is 2.03 bits per heavy atom. The van der Waals surface area contributed by atoms with E-state index in [0.29, 0.717) is 18.5 Å². The molecule has 1 aromatic heterocycles. The quantitative estimate of drug-likeness (QED) is 0.381. The third-order valence-electron chi connectivity index (χ3n) is 5.25. The normalized spacial score (nSPS) is 16.7. The van der Waals surface area contributed by atoms with Crippen molar-refractivity contribution >= 4 is 34.1 Å². The number of nitro benzene ring substituents is 1. The van der Waals surface area contributed by atoms with E-state index >= 15 is 0 Å². The first-order chi connectivity index (χ1) is 14.0. The minimum Gasteiger partial charge on any atom is -0.361 e. The number of aromatic nitrogens is 1. The van der Waals surface area contributed by atoms with Crippen molar-refractivity contribution in [3.05, 3.63) is 69.9 Å². The summed E-state index contributed by atoms with van der Waals surface area (Å²) in [6.07, 6.45) is 2.69. The molecule has 2 amide bonds. The van der Waals surface area contributed by atoms with Crippen LogP contribution < -0.4 is 10.2 Å². The number of nitrogens with zero attached hydrogens (tertiary/aromatic N) is 2. The molecule has 1 saturated heterocycles. The molecule has 0 bridgehead atoms. The van der Waals surface area contributed by atoms with E-state index in [-0.39, 0.29) is 29.6 Å². The van der Waals surface area contributed by atoms with Crippen molar-refractivity contribution in [3.63, 3.8) is 0 Å². The van der Waals surface area contributed by atoms with Gasteiger partial charge in [-0.15, -0.1) is 0 Å². The van der Waals surface area contributed by atoms with Crippen molar-refractivity contribution in [3.8, 4) is 0 Å². The van der Waals surface area contributed by atoms with Gasteiger partial charge in [-0.2, -0.15) is 0 Å².